The van der Waals surface area contributed by atoms with Gasteiger partial charge >= 0.3 is 5.97 Å². The summed E-state index contributed by atoms with van der Waals surface area (Å²) >= 11 is 0. The van der Waals surface area contributed by atoms with Crippen LogP contribution in [0.1, 0.15) is 10.5 Å². The Hall–Kier alpha value is -2.87. The maximum Gasteiger partial charge on any atom is 0.328 e. The van der Waals surface area contributed by atoms with Crippen molar-refractivity contribution in [3.63, 3.8) is 0 Å². The number of aliphatic hydroxyl groups is 1. The lowest BCUT2D eigenvalue weighted by molar-refractivity contribution is -0.140. The Morgan fingerprint density at radius 1 is 1.36 bits per heavy atom. The maximum atomic E-state index is 12.0. The third-order valence-corrected chi connectivity index (χ3v) is 3.00. The number of nitrogens with one attached hydrogen (secondary N) is 1. The molecule has 0 radical (unpaired) electrons. The zero-order valence-corrected chi connectivity index (χ0v) is 11.6. The fourth-order valence-electron chi connectivity index (χ4n) is 1.85. The lowest BCUT2D eigenvalue weighted by Gasteiger charge is -2.12. The van der Waals surface area contributed by atoms with E-state index in [0.717, 1.165) is 0 Å². The average Bonchev–Trinajstić information content (AvgIpc) is 2.50. The van der Waals surface area contributed by atoms with E-state index in [1.54, 1.807) is 18.2 Å². The Labute approximate surface area is 125 Å². The number of carboxylic acids is 1. The van der Waals surface area contributed by atoms with Crippen molar-refractivity contribution >= 4 is 22.8 Å². The van der Waals surface area contributed by atoms with Crippen molar-refractivity contribution in [2.24, 2.45) is 0 Å². The Morgan fingerprint density at radius 3 is 2.68 bits per heavy atom. The summed E-state index contributed by atoms with van der Waals surface area (Å²) in [7, 11) is 1.50. The molecule has 1 heterocycles. The molecule has 1 amide bonds. The Balaban J connectivity index is 2.37. The fourth-order valence-corrected chi connectivity index (χ4v) is 1.85. The van der Waals surface area contributed by atoms with Gasteiger partial charge in [-0.3, -0.25) is 4.79 Å². The number of aromatic nitrogens is 1. The molecule has 1 aromatic heterocycles. The number of carbonyl (C=O) groups is 2. The van der Waals surface area contributed by atoms with Crippen molar-refractivity contribution in [3.05, 3.63) is 30.0 Å². The van der Waals surface area contributed by atoms with Crippen LogP contribution in [0.15, 0.2) is 24.3 Å². The number of methoxy groups -OCH3 is 1. The minimum absolute atomic E-state index is 0.322. The van der Waals surface area contributed by atoms with Gasteiger partial charge in [0.15, 0.2) is 11.7 Å². The summed E-state index contributed by atoms with van der Waals surface area (Å²) in [4.78, 5) is 26.8. The minimum Gasteiger partial charge on any atom is -0.505 e. The highest BCUT2D eigenvalue weighted by Gasteiger charge is 2.22. The van der Waals surface area contributed by atoms with Gasteiger partial charge in [-0.2, -0.15) is 0 Å². The van der Waals surface area contributed by atoms with Crippen LogP contribution in [0, 0.1) is 0 Å². The fraction of sp³-hybridized carbons (Fsp3) is 0.214. The van der Waals surface area contributed by atoms with Crippen LogP contribution in [0.2, 0.25) is 0 Å². The van der Waals surface area contributed by atoms with Crippen LogP contribution in [0.5, 0.6) is 11.5 Å². The summed E-state index contributed by atoms with van der Waals surface area (Å²) in [5.41, 5.74) is 0.108. The highest BCUT2D eigenvalue weighted by Crippen LogP contribution is 2.25. The monoisotopic (exact) mass is 306 g/mol. The van der Waals surface area contributed by atoms with Crippen molar-refractivity contribution in [1.82, 2.24) is 10.3 Å². The van der Waals surface area contributed by atoms with Crippen LogP contribution in [0.25, 0.3) is 10.9 Å². The zero-order chi connectivity index (χ0) is 16.3. The highest BCUT2D eigenvalue weighted by atomic mass is 16.5. The third kappa shape index (κ3) is 3.07. The second-order valence-electron chi connectivity index (χ2n) is 4.46. The van der Waals surface area contributed by atoms with Gasteiger partial charge in [0.2, 0.25) is 0 Å². The summed E-state index contributed by atoms with van der Waals surface area (Å²) < 4.78 is 5.05. The van der Waals surface area contributed by atoms with Crippen LogP contribution in [0.3, 0.4) is 0 Å². The lowest BCUT2D eigenvalue weighted by atomic mass is 10.1. The molecule has 1 atom stereocenters. The van der Waals surface area contributed by atoms with Crippen LogP contribution < -0.4 is 10.1 Å². The van der Waals surface area contributed by atoms with Gasteiger partial charge in [-0.05, 0) is 24.3 Å². The molecule has 0 saturated heterocycles. The molecule has 0 fully saturated rings. The molecule has 8 heteroatoms. The van der Waals surface area contributed by atoms with Gasteiger partial charge in [0.05, 0.1) is 19.2 Å². The summed E-state index contributed by atoms with van der Waals surface area (Å²) in [5, 5.41) is 30.2. The third-order valence-electron chi connectivity index (χ3n) is 3.00. The summed E-state index contributed by atoms with van der Waals surface area (Å²) in [6.45, 7) is -0.771. The van der Waals surface area contributed by atoms with Gasteiger partial charge in [-0.25, -0.2) is 9.78 Å². The minimum atomic E-state index is -1.47. The number of hydrogen-bond acceptors (Lipinski definition) is 6. The van der Waals surface area contributed by atoms with E-state index >= 15 is 0 Å². The molecule has 1 aromatic carbocycles. The molecular formula is C14H14N2O6. The average molecular weight is 306 g/mol. The van der Waals surface area contributed by atoms with Crippen LogP contribution in [0.4, 0.5) is 0 Å². The standard InChI is InChI=1S/C14H14N2O6/c1-22-8-2-3-9-7(4-8)5-11(18)12(15-9)13(19)16-10(6-17)14(20)21/h2-5,10,17-18H,6H2,1H3,(H,16,19)(H,20,21)/t10-/m1/s1. The number of aliphatic carboxylic acids is 1. The number of carboxylic acid groups (broad SMARTS) is 1. The Bertz CT molecular complexity index is 731. The van der Waals surface area contributed by atoms with Gasteiger partial charge in [0, 0.05) is 5.39 Å². The predicted octanol–water partition coefficient (Wildman–Crippen LogP) is 0.124. The Morgan fingerprint density at radius 2 is 2.09 bits per heavy atom. The van der Waals surface area contributed by atoms with E-state index in [9.17, 15) is 14.7 Å². The molecular weight excluding hydrogens is 292 g/mol. The predicted molar refractivity (Wildman–Crippen MR) is 75.9 cm³/mol. The molecule has 4 N–H and O–H groups in total. The number of nitrogens with zero attached hydrogens (tertiary/aromatic N) is 1. The summed E-state index contributed by atoms with van der Waals surface area (Å²) in [6.07, 6.45) is 0. The molecule has 2 aromatic rings. The number of carbonyl (C=O) groups excluding carboxylic acids is 1. The maximum absolute atomic E-state index is 12.0. The van der Waals surface area contributed by atoms with E-state index in [2.05, 4.69) is 10.3 Å². The van der Waals surface area contributed by atoms with E-state index in [1.807, 2.05) is 0 Å². The number of pyridine rings is 1. The molecule has 8 nitrogen and oxygen atoms in total. The molecule has 0 spiro atoms. The van der Waals surface area contributed by atoms with Crippen LogP contribution >= 0.6 is 0 Å². The molecule has 0 saturated carbocycles. The quantitative estimate of drug-likeness (QED) is 0.617. The van der Waals surface area contributed by atoms with Crippen molar-refractivity contribution in [2.75, 3.05) is 13.7 Å². The van der Waals surface area contributed by atoms with Crippen molar-refractivity contribution in [2.45, 2.75) is 6.04 Å². The summed E-state index contributed by atoms with van der Waals surface area (Å²) in [6, 6.07) is 4.74. The molecule has 0 bridgehead atoms. The first-order valence-corrected chi connectivity index (χ1v) is 6.28. The van der Waals surface area contributed by atoms with E-state index in [-0.39, 0.29) is 5.69 Å². The SMILES string of the molecule is COc1ccc2nc(C(=O)N[C@H](CO)C(=O)O)c(O)cc2c1. The second kappa shape index (κ2) is 6.27. The highest BCUT2D eigenvalue weighted by molar-refractivity contribution is 5.99. The van der Waals surface area contributed by atoms with E-state index in [1.165, 1.54) is 13.2 Å². The van der Waals surface area contributed by atoms with Gasteiger partial charge in [0.25, 0.3) is 5.91 Å². The van der Waals surface area contributed by atoms with E-state index < -0.39 is 30.3 Å². The van der Waals surface area contributed by atoms with Crippen LogP contribution in [-0.4, -0.2) is 51.9 Å². The topological polar surface area (TPSA) is 129 Å². The zero-order valence-electron chi connectivity index (χ0n) is 11.6. The van der Waals surface area contributed by atoms with E-state index in [4.69, 9.17) is 14.9 Å². The van der Waals surface area contributed by atoms with Crippen molar-refractivity contribution < 1.29 is 29.6 Å². The lowest BCUT2D eigenvalue weighted by Crippen LogP contribution is -2.43. The number of ether oxygens (including phenoxy) is 1. The number of benzene rings is 1. The second-order valence-corrected chi connectivity index (χ2v) is 4.46. The number of amides is 1. The van der Waals surface area contributed by atoms with E-state index in [0.29, 0.717) is 16.7 Å². The number of aliphatic hydroxyl groups excluding tert-OH is 1. The van der Waals surface area contributed by atoms with Crippen molar-refractivity contribution in [3.8, 4) is 11.5 Å². The number of aromatic hydroxyl groups is 1. The summed E-state index contributed by atoms with van der Waals surface area (Å²) in [5.74, 6) is -2.12. The molecule has 2 rings (SSSR count). The molecule has 0 unspecified atom stereocenters. The van der Waals surface area contributed by atoms with Gasteiger partial charge in [-0.1, -0.05) is 0 Å². The number of hydrogen-bond donors (Lipinski definition) is 4. The normalized spacial score (nSPS) is 11.9. The Kier molecular flexibility index (Phi) is 4.42. The van der Waals surface area contributed by atoms with Gasteiger partial charge in [0.1, 0.15) is 11.5 Å². The van der Waals surface area contributed by atoms with Gasteiger partial charge in [-0.15, -0.1) is 0 Å². The molecule has 116 valence electrons. The molecule has 0 aliphatic carbocycles. The molecule has 22 heavy (non-hydrogen) atoms. The largest absolute Gasteiger partial charge is 0.505 e. The molecule has 0 aliphatic heterocycles. The van der Waals surface area contributed by atoms with Gasteiger partial charge < -0.3 is 25.4 Å². The number of fused-ring (bicyclic) bond motifs is 1. The number of rotatable bonds is 5. The van der Waals surface area contributed by atoms with Crippen LogP contribution in [-0.2, 0) is 4.79 Å². The van der Waals surface area contributed by atoms with Crippen molar-refractivity contribution in [1.29, 1.82) is 0 Å². The smallest absolute Gasteiger partial charge is 0.328 e. The first kappa shape index (κ1) is 15.5. The first-order valence-electron chi connectivity index (χ1n) is 6.28. The first-order chi connectivity index (χ1) is 10.5. The molecule has 0 aliphatic rings.